The number of carbonyl (C=O) groups is 1. The fourth-order valence-corrected chi connectivity index (χ4v) is 2.83. The van der Waals surface area contributed by atoms with E-state index in [1.54, 1.807) is 24.3 Å². The Morgan fingerprint density at radius 3 is 3.00 bits per heavy atom. The van der Waals surface area contributed by atoms with E-state index >= 15 is 0 Å². The number of nitrogens with one attached hydrogen (secondary N) is 3. The van der Waals surface area contributed by atoms with E-state index < -0.39 is 0 Å². The first-order valence-corrected chi connectivity index (χ1v) is 8.03. The van der Waals surface area contributed by atoms with E-state index in [4.69, 9.17) is 10.00 Å². The smallest absolute Gasteiger partial charge is 0.323 e. The number of carbonyl (C=O) groups excluding carboxylic acids is 1. The predicted molar refractivity (Wildman–Crippen MR) is 91.3 cm³/mol. The molecule has 0 spiro atoms. The van der Waals surface area contributed by atoms with Crippen LogP contribution >= 0.6 is 0 Å². The highest BCUT2D eigenvalue weighted by Crippen LogP contribution is 2.21. The van der Waals surface area contributed by atoms with Gasteiger partial charge < -0.3 is 20.7 Å². The van der Waals surface area contributed by atoms with Crippen molar-refractivity contribution >= 4 is 11.7 Å². The van der Waals surface area contributed by atoms with Crippen LogP contribution in [-0.2, 0) is 4.74 Å². The van der Waals surface area contributed by atoms with Gasteiger partial charge in [-0.05, 0) is 30.7 Å². The maximum absolute atomic E-state index is 12.0. The molecule has 6 nitrogen and oxygen atoms in total. The van der Waals surface area contributed by atoms with Crippen molar-refractivity contribution < 1.29 is 9.53 Å². The van der Waals surface area contributed by atoms with Gasteiger partial charge in [0.1, 0.15) is 0 Å². The maximum atomic E-state index is 12.0. The average Bonchev–Trinajstić information content (AvgIpc) is 2.63. The predicted octanol–water partition coefficient (Wildman–Crippen LogP) is 2.13. The van der Waals surface area contributed by atoms with E-state index in [1.165, 1.54) is 0 Å². The molecule has 1 fully saturated rings. The fraction of sp³-hybridized carbons (Fsp3) is 0.333. The lowest BCUT2D eigenvalue weighted by Crippen LogP contribution is -2.42. The first-order chi connectivity index (χ1) is 11.7. The van der Waals surface area contributed by atoms with E-state index in [1.807, 2.05) is 18.2 Å². The summed E-state index contributed by atoms with van der Waals surface area (Å²) in [5.41, 5.74) is 1.86. The van der Waals surface area contributed by atoms with Crippen molar-refractivity contribution in [3.63, 3.8) is 0 Å². The van der Waals surface area contributed by atoms with Gasteiger partial charge in [-0.2, -0.15) is 5.26 Å². The molecule has 1 aromatic carbocycles. The molecular weight excluding hydrogens is 304 g/mol. The van der Waals surface area contributed by atoms with Crippen molar-refractivity contribution in [3.8, 4) is 6.07 Å². The van der Waals surface area contributed by atoms with Crippen LogP contribution in [0.2, 0.25) is 0 Å². The number of anilines is 1. The van der Waals surface area contributed by atoms with Crippen LogP contribution in [0.25, 0.3) is 0 Å². The molecule has 124 valence electrons. The third kappa shape index (κ3) is 4.22. The van der Waals surface area contributed by atoms with Gasteiger partial charge in [0.2, 0.25) is 0 Å². The molecule has 2 amide bonds. The topological polar surface area (TPSA) is 86.2 Å². The molecular formula is C18H20N4O2. The number of nitrogens with zero attached hydrogens (tertiary/aromatic N) is 1. The number of hydrogen-bond acceptors (Lipinski definition) is 4. The normalized spacial score (nSPS) is 23.0. The second-order valence-electron chi connectivity index (χ2n) is 5.80. The zero-order chi connectivity index (χ0) is 16.8. The van der Waals surface area contributed by atoms with Gasteiger partial charge in [0.15, 0.2) is 0 Å². The Bertz CT molecular complexity index is 699. The van der Waals surface area contributed by atoms with Gasteiger partial charge in [0, 0.05) is 30.4 Å². The van der Waals surface area contributed by atoms with E-state index in [0.717, 1.165) is 31.8 Å². The Hall–Kier alpha value is -2.62. The number of morpholine rings is 1. The maximum Gasteiger partial charge on any atom is 0.323 e. The Morgan fingerprint density at radius 1 is 1.38 bits per heavy atom. The molecule has 1 aromatic rings. The van der Waals surface area contributed by atoms with Gasteiger partial charge in [0.25, 0.3) is 0 Å². The zero-order valence-corrected chi connectivity index (χ0v) is 13.3. The van der Waals surface area contributed by atoms with Crippen LogP contribution in [0, 0.1) is 17.2 Å². The lowest BCUT2D eigenvalue weighted by Gasteiger charge is -2.30. The van der Waals surface area contributed by atoms with E-state index in [2.05, 4.69) is 22.0 Å². The summed E-state index contributed by atoms with van der Waals surface area (Å²) < 4.78 is 5.77. The summed E-state index contributed by atoms with van der Waals surface area (Å²) in [4.78, 5) is 12.0. The first-order valence-electron chi connectivity index (χ1n) is 8.03. The number of hydrogen-bond donors (Lipinski definition) is 3. The van der Waals surface area contributed by atoms with Crippen LogP contribution in [0.3, 0.4) is 0 Å². The summed E-state index contributed by atoms with van der Waals surface area (Å²) in [5, 5.41) is 17.7. The number of nitriles is 1. The Morgan fingerprint density at radius 2 is 2.29 bits per heavy atom. The van der Waals surface area contributed by atoms with Gasteiger partial charge in [-0.25, -0.2) is 4.79 Å². The molecule has 1 aliphatic heterocycles. The van der Waals surface area contributed by atoms with Gasteiger partial charge in [0.05, 0.1) is 24.3 Å². The Kier molecular flexibility index (Phi) is 5.26. The molecule has 1 unspecified atom stereocenters. The molecule has 24 heavy (non-hydrogen) atoms. The summed E-state index contributed by atoms with van der Waals surface area (Å²) in [7, 11) is 0. The summed E-state index contributed by atoms with van der Waals surface area (Å²) in [5.74, 6) is 0.332. The number of amides is 2. The average molecular weight is 324 g/mol. The van der Waals surface area contributed by atoms with Gasteiger partial charge in [-0.1, -0.05) is 18.2 Å². The number of urea groups is 1. The van der Waals surface area contributed by atoms with Crippen molar-refractivity contribution in [2.75, 3.05) is 25.0 Å². The number of benzene rings is 1. The summed E-state index contributed by atoms with van der Waals surface area (Å²) >= 11 is 0. The van der Waals surface area contributed by atoms with Crippen molar-refractivity contribution in [1.82, 2.24) is 10.6 Å². The van der Waals surface area contributed by atoms with Crippen LogP contribution in [-0.4, -0.2) is 31.8 Å². The highest BCUT2D eigenvalue weighted by molar-refractivity contribution is 5.90. The lowest BCUT2D eigenvalue weighted by molar-refractivity contribution is 0.00351. The minimum absolute atomic E-state index is 0.190. The molecule has 0 aromatic heterocycles. The quantitative estimate of drug-likeness (QED) is 0.795. The zero-order valence-electron chi connectivity index (χ0n) is 13.3. The molecule has 0 bridgehead atoms. The molecule has 1 heterocycles. The number of rotatable bonds is 3. The molecule has 2 aliphatic rings. The van der Waals surface area contributed by atoms with E-state index in [9.17, 15) is 4.79 Å². The van der Waals surface area contributed by atoms with Gasteiger partial charge in [-0.3, -0.25) is 0 Å². The van der Waals surface area contributed by atoms with Crippen molar-refractivity contribution in [2.24, 2.45) is 5.92 Å². The molecule has 3 N–H and O–H groups in total. The SMILES string of the molecule is N#Cc1cccc(NC(=O)NC2=CCC([C@H]3CNCCO3)C=C2)c1. The third-order valence-electron chi connectivity index (χ3n) is 4.07. The Labute approximate surface area is 141 Å². The lowest BCUT2D eigenvalue weighted by atomic mass is 9.93. The molecule has 3 rings (SSSR count). The van der Waals surface area contributed by atoms with Gasteiger partial charge >= 0.3 is 6.03 Å². The highest BCUT2D eigenvalue weighted by Gasteiger charge is 2.23. The second kappa shape index (κ2) is 7.77. The highest BCUT2D eigenvalue weighted by atomic mass is 16.5. The molecule has 1 saturated heterocycles. The van der Waals surface area contributed by atoms with Crippen LogP contribution in [0.5, 0.6) is 0 Å². The van der Waals surface area contributed by atoms with Gasteiger partial charge in [-0.15, -0.1) is 0 Å². The summed E-state index contributed by atoms with van der Waals surface area (Å²) in [6.45, 7) is 2.51. The largest absolute Gasteiger partial charge is 0.375 e. The molecule has 0 saturated carbocycles. The minimum Gasteiger partial charge on any atom is -0.375 e. The van der Waals surface area contributed by atoms with Crippen LogP contribution in [0.15, 0.2) is 48.2 Å². The molecule has 1 aliphatic carbocycles. The van der Waals surface area contributed by atoms with E-state index in [-0.39, 0.29) is 12.1 Å². The van der Waals surface area contributed by atoms with E-state index in [0.29, 0.717) is 17.2 Å². The fourth-order valence-electron chi connectivity index (χ4n) is 2.83. The molecule has 2 atom stereocenters. The van der Waals surface area contributed by atoms with Crippen molar-refractivity contribution in [1.29, 1.82) is 5.26 Å². The first kappa shape index (κ1) is 16.2. The Balaban J connectivity index is 1.51. The third-order valence-corrected chi connectivity index (χ3v) is 4.07. The van der Waals surface area contributed by atoms with Crippen LogP contribution in [0.1, 0.15) is 12.0 Å². The number of ether oxygens (including phenoxy) is 1. The molecule has 6 heteroatoms. The standard InChI is InChI=1S/C18H20N4O2/c19-11-13-2-1-3-16(10-13)22-18(23)21-15-6-4-14(5-7-15)17-12-20-8-9-24-17/h1-4,6-7,10,14,17,20H,5,8-9,12H2,(H2,21,22,23)/t14?,17-/m1/s1. The van der Waals surface area contributed by atoms with Crippen molar-refractivity contribution in [2.45, 2.75) is 12.5 Å². The van der Waals surface area contributed by atoms with Crippen LogP contribution < -0.4 is 16.0 Å². The molecule has 0 radical (unpaired) electrons. The minimum atomic E-state index is -0.324. The van der Waals surface area contributed by atoms with Crippen molar-refractivity contribution in [3.05, 3.63) is 53.8 Å². The summed E-state index contributed by atoms with van der Waals surface area (Å²) in [6.07, 6.45) is 7.03. The monoisotopic (exact) mass is 324 g/mol. The summed E-state index contributed by atoms with van der Waals surface area (Å²) in [6, 6.07) is 8.53. The number of allylic oxidation sites excluding steroid dienone is 2. The second-order valence-corrected chi connectivity index (χ2v) is 5.80. The van der Waals surface area contributed by atoms with Crippen LogP contribution in [0.4, 0.5) is 10.5 Å².